The van der Waals surface area contributed by atoms with Crippen molar-refractivity contribution in [3.05, 3.63) is 71.1 Å². The number of rotatable bonds is 8. The zero-order chi connectivity index (χ0) is 24.1. The molecule has 0 atom stereocenters. The Morgan fingerprint density at radius 2 is 1.85 bits per heavy atom. The van der Waals surface area contributed by atoms with E-state index in [-0.39, 0.29) is 18.0 Å². The highest BCUT2D eigenvalue weighted by molar-refractivity contribution is 7.86. The first-order valence-electron chi connectivity index (χ1n) is 11.0. The van der Waals surface area contributed by atoms with Crippen LogP contribution in [0.5, 0.6) is 0 Å². The van der Waals surface area contributed by atoms with E-state index in [0.29, 0.717) is 41.7 Å². The molecule has 0 spiro atoms. The third-order valence-electron chi connectivity index (χ3n) is 5.58. The number of hydrogen-bond acceptors (Lipinski definition) is 7. The number of benzene rings is 1. The monoisotopic (exact) mass is 504 g/mol. The highest BCUT2D eigenvalue weighted by Crippen LogP contribution is 2.30. The van der Waals surface area contributed by atoms with Gasteiger partial charge in [-0.1, -0.05) is 29.8 Å². The number of halogens is 2. The SMILES string of the molecule is CS(=O)(=O)O[C@H]1CC[C@H](Nc2cc(-c3cccc(NCc4cccc(F)c4)n3)c(Cl)cn2)CC1. The molecule has 0 bridgehead atoms. The molecule has 0 amide bonds. The summed E-state index contributed by atoms with van der Waals surface area (Å²) in [7, 11) is -3.44. The quantitative estimate of drug-likeness (QED) is 0.405. The summed E-state index contributed by atoms with van der Waals surface area (Å²) >= 11 is 6.43. The molecule has 7 nitrogen and oxygen atoms in total. The van der Waals surface area contributed by atoms with Crippen LogP contribution in [-0.4, -0.2) is 36.8 Å². The first-order valence-corrected chi connectivity index (χ1v) is 13.2. The minimum Gasteiger partial charge on any atom is -0.367 e. The third kappa shape index (κ3) is 6.88. The van der Waals surface area contributed by atoms with Crippen molar-refractivity contribution >= 4 is 33.4 Å². The lowest BCUT2D eigenvalue weighted by Crippen LogP contribution is -2.31. The number of pyridine rings is 2. The zero-order valence-corrected chi connectivity index (χ0v) is 20.2. The molecular formula is C24H26ClFN4O3S. The Balaban J connectivity index is 1.41. The van der Waals surface area contributed by atoms with Gasteiger partial charge in [0.1, 0.15) is 17.5 Å². The van der Waals surface area contributed by atoms with Crippen LogP contribution in [0.4, 0.5) is 16.0 Å². The molecule has 2 aromatic heterocycles. The average Bonchev–Trinajstić information content (AvgIpc) is 2.80. The predicted molar refractivity (Wildman–Crippen MR) is 132 cm³/mol. The van der Waals surface area contributed by atoms with Gasteiger partial charge in [0.15, 0.2) is 0 Å². The van der Waals surface area contributed by atoms with Gasteiger partial charge in [0.25, 0.3) is 10.1 Å². The first kappa shape index (κ1) is 24.4. The molecule has 0 radical (unpaired) electrons. The molecule has 34 heavy (non-hydrogen) atoms. The normalized spacial score (nSPS) is 18.4. The van der Waals surface area contributed by atoms with Gasteiger partial charge in [-0.25, -0.2) is 14.4 Å². The standard InChI is InChI=1S/C24H26ClFN4O3S/c1-34(31,32)33-19-10-8-18(9-11-19)29-24-13-20(21(25)15-28-24)22-6-3-7-23(30-22)27-14-16-4-2-5-17(26)12-16/h2-7,12-13,15,18-19H,8-11,14H2,1H3,(H,27,30)(H,28,29)/t18-,19-. The molecule has 180 valence electrons. The molecule has 3 aromatic rings. The van der Waals surface area contributed by atoms with Crippen molar-refractivity contribution in [2.75, 3.05) is 16.9 Å². The number of aromatic nitrogens is 2. The van der Waals surface area contributed by atoms with E-state index in [1.165, 1.54) is 12.1 Å². The van der Waals surface area contributed by atoms with E-state index in [1.807, 2.05) is 30.3 Å². The van der Waals surface area contributed by atoms with Crippen LogP contribution in [0.3, 0.4) is 0 Å². The molecule has 0 aliphatic heterocycles. The van der Waals surface area contributed by atoms with Crippen molar-refractivity contribution in [1.82, 2.24) is 9.97 Å². The van der Waals surface area contributed by atoms with Crippen molar-refractivity contribution in [3.8, 4) is 11.3 Å². The number of hydrogen-bond donors (Lipinski definition) is 2. The molecule has 0 unspecified atom stereocenters. The summed E-state index contributed by atoms with van der Waals surface area (Å²) in [5, 5.41) is 7.10. The fraction of sp³-hybridized carbons (Fsp3) is 0.333. The number of nitrogens with one attached hydrogen (secondary N) is 2. The van der Waals surface area contributed by atoms with Gasteiger partial charge in [0.05, 0.1) is 23.1 Å². The average molecular weight is 505 g/mol. The highest BCUT2D eigenvalue weighted by atomic mass is 35.5. The van der Waals surface area contributed by atoms with Crippen LogP contribution in [0, 0.1) is 5.82 Å². The van der Waals surface area contributed by atoms with Crippen molar-refractivity contribution in [3.63, 3.8) is 0 Å². The topological polar surface area (TPSA) is 93.2 Å². The van der Waals surface area contributed by atoms with Gasteiger partial charge >= 0.3 is 0 Å². The summed E-state index contributed by atoms with van der Waals surface area (Å²) in [5.74, 6) is 1.04. The fourth-order valence-corrected chi connectivity index (χ4v) is 4.88. The Labute approximate surface area is 203 Å². The van der Waals surface area contributed by atoms with E-state index in [2.05, 4.69) is 20.6 Å². The molecule has 1 aliphatic carbocycles. The molecule has 2 heterocycles. The smallest absolute Gasteiger partial charge is 0.264 e. The molecule has 1 fully saturated rings. The van der Waals surface area contributed by atoms with Crippen molar-refractivity contribution in [1.29, 1.82) is 0 Å². The molecule has 4 rings (SSSR count). The highest BCUT2D eigenvalue weighted by Gasteiger charge is 2.24. The lowest BCUT2D eigenvalue weighted by atomic mass is 9.93. The van der Waals surface area contributed by atoms with Gasteiger partial charge in [0.2, 0.25) is 0 Å². The zero-order valence-electron chi connectivity index (χ0n) is 18.7. The lowest BCUT2D eigenvalue weighted by Gasteiger charge is -2.28. The van der Waals surface area contributed by atoms with Crippen LogP contribution in [0.1, 0.15) is 31.2 Å². The molecular weight excluding hydrogens is 479 g/mol. The maximum absolute atomic E-state index is 13.4. The van der Waals surface area contributed by atoms with E-state index in [1.54, 1.807) is 12.3 Å². The second kappa shape index (κ2) is 10.7. The van der Waals surface area contributed by atoms with Gasteiger partial charge < -0.3 is 10.6 Å². The molecule has 1 saturated carbocycles. The maximum atomic E-state index is 13.4. The molecule has 1 aliphatic rings. The summed E-state index contributed by atoms with van der Waals surface area (Å²) in [6.45, 7) is 0.441. The van der Waals surface area contributed by atoms with Crippen LogP contribution < -0.4 is 10.6 Å². The summed E-state index contributed by atoms with van der Waals surface area (Å²) in [4.78, 5) is 9.05. The van der Waals surface area contributed by atoms with Crippen LogP contribution in [0.25, 0.3) is 11.3 Å². The Morgan fingerprint density at radius 3 is 2.59 bits per heavy atom. The third-order valence-corrected chi connectivity index (χ3v) is 6.50. The van der Waals surface area contributed by atoms with Crippen LogP contribution in [0.15, 0.2) is 54.7 Å². The summed E-state index contributed by atoms with van der Waals surface area (Å²) in [6, 6.07) is 14.0. The van der Waals surface area contributed by atoms with Crippen LogP contribution in [0.2, 0.25) is 5.02 Å². The van der Waals surface area contributed by atoms with Gasteiger partial charge in [0, 0.05) is 24.3 Å². The van der Waals surface area contributed by atoms with Crippen LogP contribution >= 0.6 is 11.6 Å². The lowest BCUT2D eigenvalue weighted by molar-refractivity contribution is 0.158. The second-order valence-corrected chi connectivity index (χ2v) is 10.4. The van der Waals surface area contributed by atoms with Crippen molar-refractivity contribution in [2.45, 2.75) is 44.4 Å². The Hall–Kier alpha value is -2.75. The molecule has 10 heteroatoms. The summed E-state index contributed by atoms with van der Waals surface area (Å²) in [6.07, 6.45) is 5.27. The van der Waals surface area contributed by atoms with E-state index in [9.17, 15) is 12.8 Å². The Bertz CT molecular complexity index is 1250. The van der Waals surface area contributed by atoms with Crippen molar-refractivity contribution in [2.24, 2.45) is 0 Å². The van der Waals surface area contributed by atoms with E-state index >= 15 is 0 Å². The molecule has 1 aromatic carbocycles. The van der Waals surface area contributed by atoms with E-state index < -0.39 is 10.1 Å². The van der Waals surface area contributed by atoms with Gasteiger partial charge in [-0.2, -0.15) is 8.42 Å². The number of anilines is 2. The largest absolute Gasteiger partial charge is 0.367 e. The predicted octanol–water partition coefficient (Wildman–Crippen LogP) is 5.25. The van der Waals surface area contributed by atoms with E-state index in [4.69, 9.17) is 15.8 Å². The minimum absolute atomic E-state index is 0.160. The van der Waals surface area contributed by atoms with Gasteiger partial charge in [-0.05, 0) is 61.6 Å². The maximum Gasteiger partial charge on any atom is 0.264 e. The molecule has 0 saturated heterocycles. The van der Waals surface area contributed by atoms with Crippen LogP contribution in [-0.2, 0) is 20.8 Å². The van der Waals surface area contributed by atoms with E-state index in [0.717, 1.165) is 30.2 Å². The second-order valence-electron chi connectivity index (χ2n) is 8.36. The van der Waals surface area contributed by atoms with Gasteiger partial charge in [-0.3, -0.25) is 4.18 Å². The number of nitrogens with zero attached hydrogens (tertiary/aromatic N) is 2. The molecule has 2 N–H and O–H groups in total. The fourth-order valence-electron chi connectivity index (χ4n) is 4.00. The minimum atomic E-state index is -3.44. The van der Waals surface area contributed by atoms with Gasteiger partial charge in [-0.15, -0.1) is 0 Å². The summed E-state index contributed by atoms with van der Waals surface area (Å²) < 4.78 is 41.2. The Kier molecular flexibility index (Phi) is 7.65. The summed E-state index contributed by atoms with van der Waals surface area (Å²) in [5.41, 5.74) is 2.24. The first-order chi connectivity index (χ1) is 16.2. The Morgan fingerprint density at radius 1 is 1.09 bits per heavy atom. The van der Waals surface area contributed by atoms with Crippen molar-refractivity contribution < 1.29 is 17.0 Å².